The molecule has 0 aliphatic carbocycles. The van der Waals surface area contributed by atoms with Crippen LogP contribution < -0.4 is 16.0 Å². The van der Waals surface area contributed by atoms with Gasteiger partial charge >= 0.3 is 0 Å². The fourth-order valence-corrected chi connectivity index (χ4v) is 3.35. The topological polar surface area (TPSA) is 117 Å². The smallest absolute Gasteiger partial charge is 0.258 e. The Balaban J connectivity index is 1.63. The summed E-state index contributed by atoms with van der Waals surface area (Å²) in [5.41, 5.74) is 10.3. The quantitative estimate of drug-likeness (QED) is 0.511. The van der Waals surface area contributed by atoms with Gasteiger partial charge < -0.3 is 16.0 Å². The lowest BCUT2D eigenvalue weighted by Crippen LogP contribution is -2.26. The normalized spacial score (nSPS) is 10.5. The van der Waals surface area contributed by atoms with Crippen LogP contribution in [0.5, 0.6) is 0 Å². The van der Waals surface area contributed by atoms with Crippen molar-refractivity contribution in [2.45, 2.75) is 0 Å². The van der Waals surface area contributed by atoms with Crippen molar-refractivity contribution in [1.82, 2.24) is 9.61 Å². The number of carbonyl (C=O) groups is 2. The van der Waals surface area contributed by atoms with E-state index < -0.39 is 0 Å². The number of benzene rings is 2. The molecule has 2 amide bonds. The molecule has 0 fully saturated rings. The van der Waals surface area contributed by atoms with E-state index in [1.807, 2.05) is 12.1 Å². The molecule has 4 aromatic rings. The molecule has 0 radical (unpaired) electrons. The molecule has 0 unspecified atom stereocenters. The Morgan fingerprint density at radius 2 is 1.84 bits per heavy atom. The first-order valence-electron chi connectivity index (χ1n) is 9.86. The van der Waals surface area contributed by atoms with Crippen LogP contribution >= 0.6 is 0 Å². The van der Waals surface area contributed by atoms with Crippen LogP contribution in [0, 0.1) is 11.3 Å². The van der Waals surface area contributed by atoms with Gasteiger partial charge in [-0.05, 0) is 54.1 Å². The van der Waals surface area contributed by atoms with Gasteiger partial charge in [-0.1, -0.05) is 12.1 Å². The first-order chi connectivity index (χ1) is 15.5. The van der Waals surface area contributed by atoms with Crippen molar-refractivity contribution in [2.75, 3.05) is 23.8 Å². The van der Waals surface area contributed by atoms with Gasteiger partial charge in [0.05, 0.1) is 29.9 Å². The number of anilines is 2. The van der Waals surface area contributed by atoms with E-state index in [2.05, 4.69) is 16.5 Å². The van der Waals surface area contributed by atoms with Crippen LogP contribution in [-0.4, -0.2) is 35.0 Å². The highest BCUT2D eigenvalue weighted by Gasteiger charge is 2.16. The lowest BCUT2D eigenvalue weighted by Gasteiger charge is -2.17. The van der Waals surface area contributed by atoms with Crippen molar-refractivity contribution in [1.29, 1.82) is 5.26 Å². The summed E-state index contributed by atoms with van der Waals surface area (Å²) in [6.45, 7) is -0.0798. The van der Waals surface area contributed by atoms with Gasteiger partial charge in [0, 0.05) is 35.7 Å². The van der Waals surface area contributed by atoms with Crippen LogP contribution in [0.1, 0.15) is 15.9 Å². The first-order valence-corrected chi connectivity index (χ1v) is 9.86. The third kappa shape index (κ3) is 4.05. The Bertz CT molecular complexity index is 1330. The summed E-state index contributed by atoms with van der Waals surface area (Å²) in [6, 6.07) is 19.8. The third-order valence-corrected chi connectivity index (χ3v) is 5.12. The van der Waals surface area contributed by atoms with Crippen LogP contribution in [0.3, 0.4) is 0 Å². The Morgan fingerprint density at radius 1 is 1.12 bits per heavy atom. The average molecular weight is 424 g/mol. The lowest BCUT2D eigenvalue weighted by atomic mass is 10.1. The molecule has 0 aliphatic rings. The molecule has 0 aliphatic heterocycles. The predicted octanol–water partition coefficient (Wildman–Crippen LogP) is 3.05. The molecular formula is C24H20N6O2. The van der Waals surface area contributed by atoms with Crippen LogP contribution in [0.2, 0.25) is 0 Å². The maximum Gasteiger partial charge on any atom is 0.258 e. The monoisotopic (exact) mass is 424 g/mol. The van der Waals surface area contributed by atoms with Crippen LogP contribution in [0.25, 0.3) is 16.6 Å². The van der Waals surface area contributed by atoms with Gasteiger partial charge in [0.15, 0.2) is 0 Å². The van der Waals surface area contributed by atoms with Gasteiger partial charge in [-0.15, -0.1) is 0 Å². The third-order valence-electron chi connectivity index (χ3n) is 5.12. The molecule has 0 saturated carbocycles. The van der Waals surface area contributed by atoms with Gasteiger partial charge in [0.2, 0.25) is 5.91 Å². The largest absolute Gasteiger partial charge is 0.325 e. The number of nitrogens with zero attached hydrogens (tertiary/aromatic N) is 4. The van der Waals surface area contributed by atoms with Gasteiger partial charge in [0.25, 0.3) is 5.91 Å². The Kier molecular flexibility index (Phi) is 5.66. The van der Waals surface area contributed by atoms with Gasteiger partial charge in [-0.2, -0.15) is 10.4 Å². The molecule has 2 aromatic carbocycles. The van der Waals surface area contributed by atoms with Gasteiger partial charge in [-0.25, -0.2) is 4.52 Å². The summed E-state index contributed by atoms with van der Waals surface area (Å²) in [7, 11) is 1.69. The average Bonchev–Trinajstić information content (AvgIpc) is 3.27. The van der Waals surface area contributed by atoms with E-state index in [-0.39, 0.29) is 18.4 Å². The molecular weight excluding hydrogens is 404 g/mol. The summed E-state index contributed by atoms with van der Waals surface area (Å²) >= 11 is 0. The number of nitriles is 1. The molecule has 32 heavy (non-hydrogen) atoms. The predicted molar refractivity (Wildman–Crippen MR) is 122 cm³/mol. The second kappa shape index (κ2) is 8.71. The molecule has 0 atom stereocenters. The Morgan fingerprint density at radius 3 is 2.50 bits per heavy atom. The zero-order valence-electron chi connectivity index (χ0n) is 17.3. The van der Waals surface area contributed by atoms with Crippen LogP contribution in [0.4, 0.5) is 11.4 Å². The maximum absolute atomic E-state index is 13.1. The van der Waals surface area contributed by atoms with E-state index in [1.165, 1.54) is 4.90 Å². The highest BCUT2D eigenvalue weighted by molar-refractivity contribution is 6.06. The van der Waals surface area contributed by atoms with Crippen molar-refractivity contribution >= 4 is 28.7 Å². The van der Waals surface area contributed by atoms with E-state index in [4.69, 9.17) is 11.0 Å². The van der Waals surface area contributed by atoms with Crippen molar-refractivity contribution < 1.29 is 9.59 Å². The number of hydrogen-bond donors (Lipinski definition) is 2. The summed E-state index contributed by atoms with van der Waals surface area (Å²) in [5, 5.41) is 16.0. The number of aromatic nitrogens is 2. The highest BCUT2D eigenvalue weighted by Crippen LogP contribution is 2.27. The number of carbonyl (C=O) groups excluding carboxylic acids is 2. The van der Waals surface area contributed by atoms with E-state index in [0.717, 1.165) is 16.6 Å². The van der Waals surface area contributed by atoms with Crippen molar-refractivity contribution in [3.05, 3.63) is 84.2 Å². The molecule has 0 saturated heterocycles. The minimum Gasteiger partial charge on any atom is -0.325 e. The summed E-state index contributed by atoms with van der Waals surface area (Å²) < 4.78 is 1.71. The number of nitrogens with two attached hydrogens (primary N) is 1. The summed E-state index contributed by atoms with van der Waals surface area (Å²) in [4.78, 5) is 26.1. The molecule has 8 heteroatoms. The lowest BCUT2D eigenvalue weighted by molar-refractivity contribution is -0.114. The number of hydrogen-bond acceptors (Lipinski definition) is 5. The molecule has 2 aromatic heterocycles. The molecule has 4 rings (SSSR count). The van der Waals surface area contributed by atoms with E-state index in [1.54, 1.807) is 72.5 Å². The number of rotatable bonds is 5. The zero-order valence-corrected chi connectivity index (χ0v) is 17.3. The second-order valence-electron chi connectivity index (χ2n) is 7.16. The van der Waals surface area contributed by atoms with Crippen molar-refractivity contribution in [2.24, 2.45) is 5.73 Å². The minimum absolute atomic E-state index is 0.0798. The molecule has 2 heterocycles. The van der Waals surface area contributed by atoms with Crippen LogP contribution in [-0.2, 0) is 4.79 Å². The first kappa shape index (κ1) is 20.8. The number of fused-ring (bicyclic) bond motifs is 1. The van der Waals surface area contributed by atoms with Crippen molar-refractivity contribution in [3.63, 3.8) is 0 Å². The zero-order chi connectivity index (χ0) is 22.7. The molecule has 158 valence electrons. The fourth-order valence-electron chi connectivity index (χ4n) is 3.35. The van der Waals surface area contributed by atoms with Gasteiger partial charge in [0.1, 0.15) is 0 Å². The molecule has 3 N–H and O–H groups in total. The standard InChI is InChI=1S/C24H20N6O2/c1-29(20-8-2-16(13-25)3-9-20)24(32)18-10-11-30-22(12-18)21(15-27-30)17-4-6-19(7-5-17)28-23(31)14-26/h2-12,15H,14,26H2,1H3,(H,28,31). The molecule has 0 bridgehead atoms. The number of nitrogens with one attached hydrogen (secondary N) is 1. The summed E-state index contributed by atoms with van der Waals surface area (Å²) in [5.74, 6) is -0.438. The SMILES string of the molecule is CN(C(=O)c1ccn2ncc(-c3ccc(NC(=O)CN)cc3)c2c1)c1ccc(C#N)cc1. The highest BCUT2D eigenvalue weighted by atomic mass is 16.2. The Hall–Kier alpha value is -4.48. The van der Waals surface area contributed by atoms with Gasteiger partial charge in [-0.3, -0.25) is 9.59 Å². The minimum atomic E-state index is -0.261. The van der Waals surface area contributed by atoms with Crippen LogP contribution in [0.15, 0.2) is 73.1 Å². The van der Waals surface area contributed by atoms with E-state index >= 15 is 0 Å². The molecule has 8 nitrogen and oxygen atoms in total. The second-order valence-corrected chi connectivity index (χ2v) is 7.16. The number of pyridine rings is 1. The fraction of sp³-hybridized carbons (Fsp3) is 0.0833. The molecule has 0 spiro atoms. The summed E-state index contributed by atoms with van der Waals surface area (Å²) in [6.07, 6.45) is 3.48. The maximum atomic E-state index is 13.1. The number of amides is 2. The van der Waals surface area contributed by atoms with Crippen molar-refractivity contribution in [3.8, 4) is 17.2 Å². The Labute approximate surface area is 184 Å². The van der Waals surface area contributed by atoms with E-state index in [9.17, 15) is 9.59 Å². The van der Waals surface area contributed by atoms with E-state index in [0.29, 0.717) is 22.5 Å².